The van der Waals surface area contributed by atoms with E-state index < -0.39 is 25.1 Å². The highest BCUT2D eigenvalue weighted by molar-refractivity contribution is 5.34. The van der Waals surface area contributed by atoms with E-state index in [0.29, 0.717) is 5.82 Å². The summed E-state index contributed by atoms with van der Waals surface area (Å²) in [5.41, 5.74) is 0.109. The van der Waals surface area contributed by atoms with Gasteiger partial charge in [-0.25, -0.2) is 4.98 Å². The monoisotopic (exact) mass is 288 g/mol. The summed E-state index contributed by atoms with van der Waals surface area (Å²) in [6.07, 6.45) is -13.7. The van der Waals surface area contributed by atoms with Crippen LogP contribution in [0.3, 0.4) is 0 Å². The second kappa shape index (κ2) is 5.64. The van der Waals surface area contributed by atoms with Gasteiger partial charge in [0.2, 0.25) is 6.10 Å². The van der Waals surface area contributed by atoms with Gasteiger partial charge in [-0.15, -0.1) is 0 Å². The van der Waals surface area contributed by atoms with Crippen LogP contribution in [0, 0.1) is 0 Å². The third-order valence-electron chi connectivity index (χ3n) is 2.09. The van der Waals surface area contributed by atoms with Gasteiger partial charge in [0.15, 0.2) is 0 Å². The molecular weight excluding hydrogens is 278 g/mol. The van der Waals surface area contributed by atoms with Crippen LogP contribution >= 0.6 is 0 Å². The van der Waals surface area contributed by atoms with Crippen LogP contribution in [0.5, 0.6) is 0 Å². The largest absolute Gasteiger partial charge is 0.423 e. The molecule has 0 radical (unpaired) electrons. The minimum atomic E-state index is -5.50. The van der Waals surface area contributed by atoms with Crippen molar-refractivity contribution >= 4 is 5.82 Å². The summed E-state index contributed by atoms with van der Waals surface area (Å²) in [6, 6.07) is 2.73. The summed E-state index contributed by atoms with van der Waals surface area (Å²) in [5, 5.41) is 2.66. The molecule has 0 saturated heterocycles. The topological polar surface area (TPSA) is 34.1 Å². The second-order valence-electron chi connectivity index (χ2n) is 3.58. The number of rotatable bonds is 4. The highest BCUT2D eigenvalue weighted by atomic mass is 19.4. The van der Waals surface area contributed by atoms with Gasteiger partial charge in [-0.05, 0) is 11.6 Å². The fraction of sp³-hybridized carbons (Fsp3) is 0.500. The number of nitrogens with one attached hydrogen (secondary N) is 1. The standard InChI is InChI=1S/C10H10F6N2O/c1-17-7-3-2-6(4-18-7)5-19-8(9(11,12)13)10(14,15)16/h2-4,8H,5H2,1H3,(H,17,18). The highest BCUT2D eigenvalue weighted by Gasteiger charge is 2.57. The van der Waals surface area contributed by atoms with Crippen LogP contribution < -0.4 is 5.32 Å². The van der Waals surface area contributed by atoms with Gasteiger partial charge in [0, 0.05) is 13.2 Å². The van der Waals surface area contributed by atoms with Gasteiger partial charge in [-0.3, -0.25) is 0 Å². The van der Waals surface area contributed by atoms with E-state index in [1.54, 1.807) is 7.05 Å². The smallest absolute Gasteiger partial charge is 0.373 e. The maximum atomic E-state index is 12.2. The summed E-state index contributed by atoms with van der Waals surface area (Å²) < 4.78 is 76.9. The van der Waals surface area contributed by atoms with Crippen molar-refractivity contribution < 1.29 is 31.1 Å². The van der Waals surface area contributed by atoms with E-state index in [1.807, 2.05) is 0 Å². The lowest BCUT2D eigenvalue weighted by molar-refractivity contribution is -0.324. The quantitative estimate of drug-likeness (QED) is 0.864. The molecule has 1 aromatic rings. The molecule has 0 spiro atoms. The van der Waals surface area contributed by atoms with Gasteiger partial charge in [0.1, 0.15) is 5.82 Å². The molecule has 0 aliphatic carbocycles. The Hall–Kier alpha value is -1.51. The lowest BCUT2D eigenvalue weighted by Crippen LogP contribution is -2.44. The van der Waals surface area contributed by atoms with Crippen molar-refractivity contribution in [1.29, 1.82) is 0 Å². The molecule has 1 heterocycles. The fourth-order valence-electron chi connectivity index (χ4n) is 1.21. The van der Waals surface area contributed by atoms with Gasteiger partial charge in [0.05, 0.1) is 6.61 Å². The van der Waals surface area contributed by atoms with Crippen molar-refractivity contribution in [1.82, 2.24) is 4.98 Å². The molecule has 0 bridgehead atoms. The van der Waals surface area contributed by atoms with Crippen LogP contribution in [-0.4, -0.2) is 30.5 Å². The molecule has 108 valence electrons. The summed E-state index contributed by atoms with van der Waals surface area (Å²) in [5.74, 6) is 0.437. The van der Waals surface area contributed by atoms with E-state index in [4.69, 9.17) is 0 Å². The van der Waals surface area contributed by atoms with E-state index in [2.05, 4.69) is 15.0 Å². The third-order valence-corrected chi connectivity index (χ3v) is 2.09. The molecule has 19 heavy (non-hydrogen) atoms. The van der Waals surface area contributed by atoms with Crippen molar-refractivity contribution in [2.45, 2.75) is 25.1 Å². The molecule has 1 rings (SSSR count). The number of pyridine rings is 1. The molecule has 0 unspecified atom stereocenters. The van der Waals surface area contributed by atoms with Crippen molar-refractivity contribution in [2.75, 3.05) is 12.4 Å². The maximum absolute atomic E-state index is 12.2. The number of nitrogens with zero attached hydrogens (tertiary/aromatic N) is 1. The molecule has 0 aliphatic rings. The Bertz CT molecular complexity index is 386. The normalized spacial score (nSPS) is 12.8. The minimum Gasteiger partial charge on any atom is -0.373 e. The molecule has 0 aromatic carbocycles. The first kappa shape index (κ1) is 15.5. The zero-order valence-corrected chi connectivity index (χ0v) is 9.64. The molecule has 0 atom stereocenters. The first-order valence-corrected chi connectivity index (χ1v) is 5.02. The summed E-state index contributed by atoms with van der Waals surface area (Å²) in [7, 11) is 1.57. The molecule has 0 amide bonds. The molecule has 3 nitrogen and oxygen atoms in total. The Kier molecular flexibility index (Phi) is 4.61. The van der Waals surface area contributed by atoms with Crippen molar-refractivity contribution in [3.63, 3.8) is 0 Å². The summed E-state index contributed by atoms with van der Waals surface area (Å²) >= 11 is 0. The van der Waals surface area contributed by atoms with Crippen molar-refractivity contribution in [2.24, 2.45) is 0 Å². The second-order valence-corrected chi connectivity index (χ2v) is 3.58. The van der Waals surface area contributed by atoms with Gasteiger partial charge >= 0.3 is 12.4 Å². The first-order chi connectivity index (χ1) is 8.64. The van der Waals surface area contributed by atoms with Crippen LogP contribution in [0.1, 0.15) is 5.56 Å². The minimum absolute atomic E-state index is 0.109. The molecule has 1 aromatic heterocycles. The van der Waals surface area contributed by atoms with E-state index >= 15 is 0 Å². The zero-order chi connectivity index (χ0) is 14.7. The molecular formula is C10H10F6N2O. The average molecular weight is 288 g/mol. The Labute approximate surface area is 104 Å². The fourth-order valence-corrected chi connectivity index (χ4v) is 1.21. The van der Waals surface area contributed by atoms with Gasteiger partial charge in [0.25, 0.3) is 0 Å². The molecule has 0 aliphatic heterocycles. The molecule has 1 N–H and O–H groups in total. The Morgan fingerprint density at radius 3 is 2.11 bits per heavy atom. The van der Waals surface area contributed by atoms with Gasteiger partial charge in [-0.2, -0.15) is 26.3 Å². The van der Waals surface area contributed by atoms with Crippen LogP contribution in [0.4, 0.5) is 32.2 Å². The maximum Gasteiger partial charge on any atom is 0.423 e. The van der Waals surface area contributed by atoms with Crippen molar-refractivity contribution in [3.05, 3.63) is 23.9 Å². The van der Waals surface area contributed by atoms with E-state index in [1.165, 1.54) is 12.1 Å². The Morgan fingerprint density at radius 2 is 1.74 bits per heavy atom. The number of hydrogen-bond acceptors (Lipinski definition) is 3. The third kappa shape index (κ3) is 4.58. The molecule has 0 fully saturated rings. The molecule has 0 saturated carbocycles. The predicted octanol–water partition coefficient (Wildman–Crippen LogP) is 3.13. The number of hydrogen-bond donors (Lipinski definition) is 1. The first-order valence-electron chi connectivity index (χ1n) is 5.02. The SMILES string of the molecule is CNc1ccc(COC(C(F)(F)F)C(F)(F)F)cn1. The molecule has 9 heteroatoms. The summed E-state index contributed by atoms with van der Waals surface area (Å²) in [6.45, 7) is -0.833. The number of aromatic nitrogens is 1. The van der Waals surface area contributed by atoms with Crippen LogP contribution in [0.2, 0.25) is 0 Å². The number of ether oxygens (including phenoxy) is 1. The van der Waals surface area contributed by atoms with Crippen LogP contribution in [-0.2, 0) is 11.3 Å². The van der Waals surface area contributed by atoms with E-state index in [0.717, 1.165) is 6.20 Å². The Balaban J connectivity index is 2.71. The summed E-state index contributed by atoms with van der Waals surface area (Å²) in [4.78, 5) is 3.75. The number of anilines is 1. The van der Waals surface area contributed by atoms with Crippen LogP contribution in [0.25, 0.3) is 0 Å². The van der Waals surface area contributed by atoms with Crippen LogP contribution in [0.15, 0.2) is 18.3 Å². The van der Waals surface area contributed by atoms with Crippen molar-refractivity contribution in [3.8, 4) is 0 Å². The number of halogens is 6. The predicted molar refractivity (Wildman–Crippen MR) is 54.5 cm³/mol. The highest BCUT2D eigenvalue weighted by Crippen LogP contribution is 2.36. The lowest BCUT2D eigenvalue weighted by atomic mass is 10.3. The van der Waals surface area contributed by atoms with E-state index in [-0.39, 0.29) is 5.56 Å². The van der Waals surface area contributed by atoms with Gasteiger partial charge < -0.3 is 10.1 Å². The van der Waals surface area contributed by atoms with E-state index in [9.17, 15) is 26.3 Å². The lowest BCUT2D eigenvalue weighted by Gasteiger charge is -2.23. The van der Waals surface area contributed by atoms with Gasteiger partial charge in [-0.1, -0.05) is 6.07 Å². The Morgan fingerprint density at radius 1 is 1.16 bits per heavy atom. The average Bonchev–Trinajstić information content (AvgIpc) is 2.26. The zero-order valence-electron chi connectivity index (χ0n) is 9.64. The number of alkyl halides is 6.